The Morgan fingerprint density at radius 1 is 1.29 bits per heavy atom. The average Bonchev–Trinajstić information content (AvgIpc) is 2.64. The van der Waals surface area contributed by atoms with Gasteiger partial charge in [0.15, 0.2) is 0 Å². The highest BCUT2D eigenvalue weighted by Gasteiger charge is 2.52. The van der Waals surface area contributed by atoms with Crippen molar-refractivity contribution in [3.05, 3.63) is 35.1 Å². The van der Waals surface area contributed by atoms with E-state index in [1.165, 1.54) is 18.2 Å². The summed E-state index contributed by atoms with van der Waals surface area (Å²) < 4.78 is 48.3. The quantitative estimate of drug-likeness (QED) is 0.796. The number of rotatable bonds is 4. The van der Waals surface area contributed by atoms with Crippen molar-refractivity contribution in [3.8, 4) is 0 Å². The van der Waals surface area contributed by atoms with Crippen LogP contribution < -0.4 is 5.14 Å². The first-order valence-corrected chi connectivity index (χ1v) is 8.91. The number of benzene rings is 1. The number of aliphatic hydroxyl groups excluding tert-OH is 1. The van der Waals surface area contributed by atoms with Gasteiger partial charge in [-0.05, 0) is 45.3 Å². The minimum absolute atomic E-state index is 0.0983. The molecule has 0 aliphatic carbocycles. The molecule has 0 atom stereocenters. The van der Waals surface area contributed by atoms with Gasteiger partial charge in [0.25, 0.3) is 0 Å². The van der Waals surface area contributed by atoms with E-state index < -0.39 is 40.8 Å². The number of halogens is 1. The molecule has 0 spiro atoms. The largest absolute Gasteiger partial charge is 0.492 e. The van der Waals surface area contributed by atoms with Crippen LogP contribution in [0.1, 0.15) is 33.3 Å². The molecule has 6 nitrogen and oxygen atoms in total. The van der Waals surface area contributed by atoms with Gasteiger partial charge in [0, 0.05) is 5.56 Å². The van der Waals surface area contributed by atoms with E-state index in [2.05, 4.69) is 0 Å². The molecule has 0 amide bonds. The molecule has 0 radical (unpaired) electrons. The van der Waals surface area contributed by atoms with E-state index in [1.54, 1.807) is 0 Å². The third-order valence-corrected chi connectivity index (χ3v) is 5.29. The lowest BCUT2D eigenvalue weighted by molar-refractivity contribution is 0.00578. The molecule has 1 fully saturated rings. The molecular weight excluding hydrogens is 336 g/mol. The third kappa shape index (κ3) is 3.70. The average molecular weight is 357 g/mol. The maximum absolute atomic E-state index is 14.1. The maximum atomic E-state index is 14.1. The van der Waals surface area contributed by atoms with Gasteiger partial charge in [-0.3, -0.25) is 0 Å². The Hall–Kier alpha value is -1.26. The van der Waals surface area contributed by atoms with Crippen LogP contribution in [0.3, 0.4) is 0 Å². The summed E-state index contributed by atoms with van der Waals surface area (Å²) in [5.74, 6) is -0.774. The first kappa shape index (κ1) is 19.1. The van der Waals surface area contributed by atoms with Crippen molar-refractivity contribution in [2.75, 3.05) is 6.61 Å². The second-order valence-corrected chi connectivity index (χ2v) is 8.26. The molecule has 0 bridgehead atoms. The van der Waals surface area contributed by atoms with E-state index >= 15 is 0 Å². The van der Waals surface area contributed by atoms with Gasteiger partial charge in [0.05, 0.1) is 22.7 Å². The molecule has 1 aromatic rings. The van der Waals surface area contributed by atoms with Crippen LogP contribution in [0.15, 0.2) is 28.6 Å². The van der Waals surface area contributed by atoms with Gasteiger partial charge in [-0.15, -0.1) is 0 Å². The summed E-state index contributed by atoms with van der Waals surface area (Å²) in [4.78, 5) is -0.321. The zero-order chi connectivity index (χ0) is 18.3. The van der Waals surface area contributed by atoms with Gasteiger partial charge in [0.1, 0.15) is 5.82 Å². The van der Waals surface area contributed by atoms with Crippen LogP contribution in [0.25, 0.3) is 6.08 Å². The maximum Gasteiger partial charge on any atom is 0.492 e. The monoisotopic (exact) mass is 357 g/mol. The zero-order valence-electron chi connectivity index (χ0n) is 14.0. The molecule has 0 aromatic heterocycles. The van der Waals surface area contributed by atoms with Gasteiger partial charge in [-0.2, -0.15) is 0 Å². The molecular formula is C15H21BFNO5S. The van der Waals surface area contributed by atoms with E-state index in [-0.39, 0.29) is 10.5 Å². The number of aliphatic hydroxyl groups is 1. The lowest BCUT2D eigenvalue weighted by Gasteiger charge is -2.32. The molecule has 1 aliphatic heterocycles. The van der Waals surface area contributed by atoms with Crippen LogP contribution in [-0.2, 0) is 19.3 Å². The van der Waals surface area contributed by atoms with Crippen molar-refractivity contribution >= 4 is 23.2 Å². The predicted molar refractivity (Wildman–Crippen MR) is 88.9 cm³/mol. The molecule has 132 valence electrons. The zero-order valence-corrected chi connectivity index (χ0v) is 14.9. The fraction of sp³-hybridized carbons (Fsp3) is 0.467. The number of hydrogen-bond donors (Lipinski definition) is 2. The van der Waals surface area contributed by atoms with E-state index in [0.717, 1.165) is 6.07 Å². The second-order valence-electron chi connectivity index (χ2n) is 6.69. The SMILES string of the molecule is CC1(C)OB(C(=Cc2ccc(S(N)(=O)=O)cc2F)CO)OC1(C)C. The minimum Gasteiger partial charge on any atom is -0.400 e. The Kier molecular flexibility index (Phi) is 4.95. The van der Waals surface area contributed by atoms with Gasteiger partial charge < -0.3 is 14.4 Å². The summed E-state index contributed by atoms with van der Waals surface area (Å²) in [7, 11) is -4.80. The summed E-state index contributed by atoms with van der Waals surface area (Å²) in [5.41, 5.74) is -0.763. The van der Waals surface area contributed by atoms with Crippen LogP contribution in [0.5, 0.6) is 0 Å². The molecule has 2 rings (SSSR count). The topological polar surface area (TPSA) is 98.9 Å². The first-order valence-electron chi connectivity index (χ1n) is 7.37. The van der Waals surface area contributed by atoms with Crippen LogP contribution in [0, 0.1) is 5.82 Å². The van der Waals surface area contributed by atoms with E-state index in [1.807, 2.05) is 27.7 Å². The summed E-state index contributed by atoms with van der Waals surface area (Å²) >= 11 is 0. The lowest BCUT2D eigenvalue weighted by Crippen LogP contribution is -2.41. The fourth-order valence-electron chi connectivity index (χ4n) is 2.18. The summed E-state index contributed by atoms with van der Waals surface area (Å²) in [6.45, 7) is 7.06. The Labute approximate surface area is 141 Å². The summed E-state index contributed by atoms with van der Waals surface area (Å²) in [6.07, 6.45) is 1.38. The molecule has 1 aliphatic rings. The second kappa shape index (κ2) is 6.23. The van der Waals surface area contributed by atoms with Crippen LogP contribution >= 0.6 is 0 Å². The Morgan fingerprint density at radius 2 is 1.83 bits per heavy atom. The summed E-state index contributed by atoms with van der Waals surface area (Å²) in [6, 6.07) is 3.31. The number of sulfonamides is 1. The number of nitrogens with two attached hydrogens (primary N) is 1. The molecule has 9 heteroatoms. The molecule has 3 N–H and O–H groups in total. The van der Waals surface area contributed by atoms with Crippen LogP contribution in [0.4, 0.5) is 4.39 Å². The molecule has 1 aromatic carbocycles. The molecule has 1 heterocycles. The Balaban J connectivity index is 2.36. The van der Waals surface area contributed by atoms with Gasteiger partial charge in [-0.1, -0.05) is 12.1 Å². The number of primary sulfonamides is 1. The standard InChI is InChI=1S/C15H21BFNO5S/c1-14(2)15(3,4)23-16(22-14)11(9-19)7-10-5-6-12(8-13(10)17)24(18,20)21/h5-8,19H,9H2,1-4H3,(H2,18,20,21). The van der Waals surface area contributed by atoms with Crippen molar-refractivity contribution in [3.63, 3.8) is 0 Å². The van der Waals surface area contributed by atoms with Gasteiger partial charge in [-0.25, -0.2) is 17.9 Å². The minimum atomic E-state index is -3.98. The van der Waals surface area contributed by atoms with Gasteiger partial charge >= 0.3 is 7.12 Å². The van der Waals surface area contributed by atoms with E-state index in [9.17, 15) is 17.9 Å². The highest BCUT2D eigenvalue weighted by atomic mass is 32.2. The van der Waals surface area contributed by atoms with Crippen molar-refractivity contribution in [1.29, 1.82) is 0 Å². The van der Waals surface area contributed by atoms with E-state index in [0.29, 0.717) is 5.47 Å². The highest BCUT2D eigenvalue weighted by molar-refractivity contribution is 7.89. The highest BCUT2D eigenvalue weighted by Crippen LogP contribution is 2.38. The molecule has 24 heavy (non-hydrogen) atoms. The van der Waals surface area contributed by atoms with E-state index in [4.69, 9.17) is 14.4 Å². The fourth-order valence-corrected chi connectivity index (χ4v) is 2.71. The van der Waals surface area contributed by atoms with Crippen LogP contribution in [-0.4, -0.2) is 38.5 Å². The predicted octanol–water partition coefficient (Wildman–Crippen LogP) is 1.48. The van der Waals surface area contributed by atoms with Crippen LogP contribution in [0.2, 0.25) is 0 Å². The number of hydrogen-bond acceptors (Lipinski definition) is 5. The summed E-state index contributed by atoms with van der Waals surface area (Å²) in [5, 5.41) is 14.6. The normalized spacial score (nSPS) is 20.5. The Morgan fingerprint density at radius 3 is 2.25 bits per heavy atom. The lowest BCUT2D eigenvalue weighted by atomic mass is 9.77. The van der Waals surface area contributed by atoms with Gasteiger partial charge in [0.2, 0.25) is 10.0 Å². The molecule has 0 saturated carbocycles. The van der Waals surface area contributed by atoms with Crippen molar-refractivity contribution < 1.29 is 27.2 Å². The molecule has 0 unspecified atom stereocenters. The van der Waals surface area contributed by atoms with Crippen molar-refractivity contribution in [1.82, 2.24) is 0 Å². The smallest absolute Gasteiger partial charge is 0.400 e. The molecule has 1 saturated heterocycles. The first-order chi connectivity index (χ1) is 10.9. The van der Waals surface area contributed by atoms with Crippen molar-refractivity contribution in [2.45, 2.75) is 43.8 Å². The van der Waals surface area contributed by atoms with Crippen molar-refractivity contribution in [2.24, 2.45) is 5.14 Å². The third-order valence-electron chi connectivity index (χ3n) is 4.38. The Bertz CT molecular complexity index is 760.